The Bertz CT molecular complexity index is 413. The van der Waals surface area contributed by atoms with E-state index < -0.39 is 5.60 Å². The third-order valence-corrected chi connectivity index (χ3v) is 3.66. The van der Waals surface area contributed by atoms with Gasteiger partial charge in [-0.25, -0.2) is 4.98 Å². The zero-order chi connectivity index (χ0) is 12.5. The van der Waals surface area contributed by atoms with Crippen LogP contribution in [-0.4, -0.2) is 39.6 Å². The fourth-order valence-corrected chi connectivity index (χ4v) is 2.70. The van der Waals surface area contributed by atoms with E-state index in [1.54, 1.807) is 10.3 Å². The van der Waals surface area contributed by atoms with Crippen molar-refractivity contribution >= 4 is 22.4 Å². The summed E-state index contributed by atoms with van der Waals surface area (Å²) < 4.78 is 0. The van der Waals surface area contributed by atoms with Gasteiger partial charge in [-0.3, -0.25) is 4.79 Å². The molecule has 94 valence electrons. The summed E-state index contributed by atoms with van der Waals surface area (Å²) in [5, 5.41) is 12.3. The van der Waals surface area contributed by atoms with Crippen molar-refractivity contribution < 1.29 is 9.90 Å². The molecule has 1 aliphatic heterocycles. The van der Waals surface area contributed by atoms with Crippen LogP contribution in [0.3, 0.4) is 0 Å². The van der Waals surface area contributed by atoms with Gasteiger partial charge in [0.2, 0.25) is 5.91 Å². The molecule has 1 aromatic rings. The first-order chi connectivity index (χ1) is 8.02. The molecule has 3 N–H and O–H groups in total. The lowest BCUT2D eigenvalue weighted by molar-refractivity contribution is -0.155. The normalized spacial score (nSPS) is 17.9. The summed E-state index contributed by atoms with van der Waals surface area (Å²) in [5.41, 5.74) is 5.55. The summed E-state index contributed by atoms with van der Waals surface area (Å²) in [6.45, 7) is 2.92. The number of hydrogen-bond acceptors (Lipinski definition) is 5. The van der Waals surface area contributed by atoms with Gasteiger partial charge in [-0.05, 0) is 6.42 Å². The first-order valence-corrected chi connectivity index (χ1v) is 6.60. The smallest absolute Gasteiger partial charge is 0.228 e. The van der Waals surface area contributed by atoms with Gasteiger partial charge in [0.25, 0.3) is 0 Å². The number of likely N-dealkylation sites (tertiary alicyclic amines) is 1. The minimum atomic E-state index is -0.661. The van der Waals surface area contributed by atoms with Crippen LogP contribution >= 0.6 is 11.3 Å². The molecule has 2 rings (SSSR count). The van der Waals surface area contributed by atoms with Gasteiger partial charge in [-0.15, -0.1) is 11.3 Å². The van der Waals surface area contributed by atoms with Gasteiger partial charge >= 0.3 is 0 Å². The second kappa shape index (κ2) is 4.62. The maximum atomic E-state index is 11.8. The number of carbonyl (C=O) groups excluding carboxylic acids is 1. The Morgan fingerprint density at radius 2 is 2.41 bits per heavy atom. The Morgan fingerprint density at radius 1 is 1.71 bits per heavy atom. The highest BCUT2D eigenvalue weighted by atomic mass is 32.1. The zero-order valence-corrected chi connectivity index (χ0v) is 10.7. The van der Waals surface area contributed by atoms with E-state index in [0.29, 0.717) is 23.9 Å². The Hall–Kier alpha value is -1.14. The number of rotatable bonds is 4. The summed E-state index contributed by atoms with van der Waals surface area (Å²) in [7, 11) is 0. The Morgan fingerprint density at radius 3 is 2.94 bits per heavy atom. The molecule has 0 atom stereocenters. The predicted octanol–water partition coefficient (Wildman–Crippen LogP) is 0.641. The summed E-state index contributed by atoms with van der Waals surface area (Å²) in [4.78, 5) is 17.6. The molecule has 0 spiro atoms. The molecule has 0 bridgehead atoms. The SMILES string of the molecule is CCCC1(O)CN(C(=O)Cc2csc(N)n2)C1. The van der Waals surface area contributed by atoms with Crippen molar-refractivity contribution in [2.45, 2.75) is 31.8 Å². The number of nitrogens with two attached hydrogens (primary N) is 1. The van der Waals surface area contributed by atoms with Gasteiger partial charge in [0.15, 0.2) is 5.13 Å². The molecule has 1 saturated heterocycles. The number of nitrogen functional groups attached to an aromatic ring is 1. The molecule has 0 unspecified atom stereocenters. The average Bonchev–Trinajstić information content (AvgIpc) is 2.60. The molecule has 1 fully saturated rings. The van der Waals surface area contributed by atoms with Crippen molar-refractivity contribution in [3.63, 3.8) is 0 Å². The Labute approximate surface area is 104 Å². The maximum absolute atomic E-state index is 11.8. The van der Waals surface area contributed by atoms with Crippen LogP contribution in [0.1, 0.15) is 25.5 Å². The van der Waals surface area contributed by atoms with Crippen LogP contribution in [-0.2, 0) is 11.2 Å². The number of anilines is 1. The summed E-state index contributed by atoms with van der Waals surface area (Å²) in [5.74, 6) is 0.0103. The van der Waals surface area contributed by atoms with Gasteiger partial charge in [0.05, 0.1) is 30.8 Å². The van der Waals surface area contributed by atoms with Crippen molar-refractivity contribution in [2.75, 3.05) is 18.8 Å². The minimum absolute atomic E-state index is 0.0103. The van der Waals surface area contributed by atoms with Gasteiger partial charge in [-0.2, -0.15) is 0 Å². The van der Waals surface area contributed by atoms with Crippen LogP contribution in [0.4, 0.5) is 5.13 Å². The largest absolute Gasteiger partial charge is 0.386 e. The molecular formula is C11H17N3O2S. The topological polar surface area (TPSA) is 79.5 Å². The van der Waals surface area contributed by atoms with Crippen LogP contribution in [0.2, 0.25) is 0 Å². The number of carbonyl (C=O) groups is 1. The van der Waals surface area contributed by atoms with Crippen LogP contribution < -0.4 is 5.73 Å². The minimum Gasteiger partial charge on any atom is -0.386 e. The molecular weight excluding hydrogens is 238 g/mol. The van der Waals surface area contributed by atoms with Crippen LogP contribution in [0.25, 0.3) is 0 Å². The standard InChI is InChI=1S/C11H17N3O2S/c1-2-3-11(16)6-14(7-11)9(15)4-8-5-17-10(12)13-8/h5,16H,2-4,6-7H2,1H3,(H2,12,13). The first kappa shape index (κ1) is 12.3. The van der Waals surface area contributed by atoms with Crippen LogP contribution in [0.5, 0.6) is 0 Å². The molecule has 0 radical (unpaired) electrons. The number of amides is 1. The molecule has 17 heavy (non-hydrogen) atoms. The van der Waals surface area contributed by atoms with Crippen molar-refractivity contribution in [1.29, 1.82) is 0 Å². The fraction of sp³-hybridized carbons (Fsp3) is 0.636. The summed E-state index contributed by atoms with van der Waals surface area (Å²) >= 11 is 1.34. The van der Waals surface area contributed by atoms with Crippen molar-refractivity contribution in [3.8, 4) is 0 Å². The molecule has 0 aliphatic carbocycles. The lowest BCUT2D eigenvalue weighted by Gasteiger charge is -2.46. The predicted molar refractivity (Wildman–Crippen MR) is 66.7 cm³/mol. The molecule has 2 heterocycles. The number of aromatic nitrogens is 1. The number of nitrogens with zero attached hydrogens (tertiary/aromatic N) is 2. The second-order valence-corrected chi connectivity index (χ2v) is 5.47. The van der Waals surface area contributed by atoms with Crippen LogP contribution in [0, 0.1) is 0 Å². The highest BCUT2D eigenvalue weighted by Gasteiger charge is 2.42. The van der Waals surface area contributed by atoms with Gasteiger partial charge < -0.3 is 15.7 Å². The summed E-state index contributed by atoms with van der Waals surface area (Å²) in [6.07, 6.45) is 1.96. The van der Waals surface area contributed by atoms with E-state index in [-0.39, 0.29) is 12.3 Å². The second-order valence-electron chi connectivity index (χ2n) is 4.58. The van der Waals surface area contributed by atoms with Crippen molar-refractivity contribution in [2.24, 2.45) is 0 Å². The highest BCUT2D eigenvalue weighted by Crippen LogP contribution is 2.26. The molecule has 5 nitrogen and oxygen atoms in total. The number of aliphatic hydroxyl groups is 1. The van der Waals surface area contributed by atoms with E-state index in [9.17, 15) is 9.90 Å². The summed E-state index contributed by atoms with van der Waals surface area (Å²) in [6, 6.07) is 0. The van der Waals surface area contributed by atoms with Gasteiger partial charge in [-0.1, -0.05) is 13.3 Å². The average molecular weight is 255 g/mol. The van der Waals surface area contributed by atoms with Gasteiger partial charge in [0, 0.05) is 5.38 Å². The number of hydrogen-bond donors (Lipinski definition) is 2. The highest BCUT2D eigenvalue weighted by molar-refractivity contribution is 7.13. The number of thiazole rings is 1. The third kappa shape index (κ3) is 2.76. The van der Waals surface area contributed by atoms with E-state index in [1.165, 1.54) is 11.3 Å². The quantitative estimate of drug-likeness (QED) is 0.827. The maximum Gasteiger partial charge on any atom is 0.228 e. The Kier molecular flexibility index (Phi) is 3.35. The third-order valence-electron chi connectivity index (χ3n) is 2.94. The fourth-order valence-electron chi connectivity index (χ4n) is 2.13. The van der Waals surface area contributed by atoms with E-state index >= 15 is 0 Å². The number of β-amino-alcohol motifs (C(OH)–C–C–N with tert-alkyl or cyclic N) is 1. The van der Waals surface area contributed by atoms with Crippen molar-refractivity contribution in [1.82, 2.24) is 9.88 Å². The van der Waals surface area contributed by atoms with E-state index in [4.69, 9.17) is 5.73 Å². The molecule has 1 amide bonds. The Balaban J connectivity index is 1.83. The van der Waals surface area contributed by atoms with Crippen molar-refractivity contribution in [3.05, 3.63) is 11.1 Å². The van der Waals surface area contributed by atoms with E-state index in [1.807, 2.05) is 6.92 Å². The molecule has 1 aliphatic rings. The van der Waals surface area contributed by atoms with Crippen LogP contribution in [0.15, 0.2) is 5.38 Å². The molecule has 0 aromatic carbocycles. The van der Waals surface area contributed by atoms with E-state index in [0.717, 1.165) is 12.8 Å². The van der Waals surface area contributed by atoms with Gasteiger partial charge in [0.1, 0.15) is 0 Å². The van der Waals surface area contributed by atoms with E-state index in [2.05, 4.69) is 4.98 Å². The molecule has 1 aromatic heterocycles. The molecule has 6 heteroatoms. The zero-order valence-electron chi connectivity index (χ0n) is 9.85. The molecule has 0 saturated carbocycles. The lowest BCUT2D eigenvalue weighted by Crippen LogP contribution is -2.63. The monoisotopic (exact) mass is 255 g/mol. The lowest BCUT2D eigenvalue weighted by atomic mass is 9.89. The first-order valence-electron chi connectivity index (χ1n) is 5.72.